The number of cyclic esters (lactones) is 1. The summed E-state index contributed by atoms with van der Waals surface area (Å²) in [6.45, 7) is 14.8. The van der Waals surface area contributed by atoms with Gasteiger partial charge in [-0.1, -0.05) is 32.9 Å². The van der Waals surface area contributed by atoms with Crippen LogP contribution >= 0.6 is 0 Å². The van der Waals surface area contributed by atoms with Crippen LogP contribution < -0.4 is 10.7 Å². The Balaban J connectivity index is 1.44. The number of amides is 2. The number of nitrogens with one attached hydrogen (secondary N) is 2. The molecule has 2 aromatic rings. The molecule has 3 fully saturated rings. The summed E-state index contributed by atoms with van der Waals surface area (Å²) in [5.41, 5.74) is 2.39. The second-order valence-corrected chi connectivity index (χ2v) is 16.8. The number of aryl methyl sites for hydroxylation is 1. The van der Waals surface area contributed by atoms with E-state index in [9.17, 15) is 24.3 Å². The number of aliphatic hydroxyl groups excluding tert-OH is 1. The Kier molecular flexibility index (Phi) is 14.1. The molecule has 0 aliphatic carbocycles. The van der Waals surface area contributed by atoms with Crippen LogP contribution in [0.25, 0.3) is 11.0 Å². The number of nitrogens with zero attached hydrogens (tertiary/aromatic N) is 4. The summed E-state index contributed by atoms with van der Waals surface area (Å²) in [7, 11) is 5.24. The first-order valence-electron chi connectivity index (χ1n) is 20.3. The topological polar surface area (TPSA) is 183 Å². The van der Waals surface area contributed by atoms with Gasteiger partial charge in [0.25, 0.3) is 0 Å². The minimum absolute atomic E-state index is 0.179. The maximum atomic E-state index is 14.3. The van der Waals surface area contributed by atoms with Crippen molar-refractivity contribution in [2.45, 2.75) is 148 Å². The molecule has 4 heterocycles. The molecular weight excluding hydrogens is 736 g/mol. The second kappa shape index (κ2) is 18.1. The Hall–Kier alpha value is -3.67. The Labute approximate surface area is 336 Å². The number of para-hydroxylation sites is 2. The van der Waals surface area contributed by atoms with Gasteiger partial charge in [-0.15, -0.1) is 0 Å². The summed E-state index contributed by atoms with van der Waals surface area (Å²) < 4.78 is 33.1. The molecule has 1 aromatic heterocycles. The fourth-order valence-corrected chi connectivity index (χ4v) is 9.03. The highest BCUT2D eigenvalue weighted by Crippen LogP contribution is 2.40. The second-order valence-electron chi connectivity index (χ2n) is 16.8. The number of aromatic nitrogens is 2. The molecule has 3 saturated heterocycles. The molecule has 1 aromatic carbocycles. The number of hydrogen-bond donors (Lipinski definition) is 3. The fraction of sp³-hybridized carbons (Fsp3) is 0.732. The highest BCUT2D eigenvalue weighted by molar-refractivity contribution is 6.00. The molecule has 3 aliphatic rings. The first-order valence-corrected chi connectivity index (χ1v) is 20.3. The highest BCUT2D eigenvalue weighted by atomic mass is 16.7. The van der Waals surface area contributed by atoms with Gasteiger partial charge in [0, 0.05) is 38.2 Å². The minimum atomic E-state index is -1.48. The zero-order chi connectivity index (χ0) is 42.0. The number of methoxy groups -OCH3 is 1. The molecule has 3 aliphatic heterocycles. The monoisotopic (exact) mass is 800 g/mol. The van der Waals surface area contributed by atoms with Crippen molar-refractivity contribution in [1.82, 2.24) is 30.2 Å². The standard InChI is InChI=1S/C41H64N6O10/c1-12-31-41(8)34(47(39(52)57-41)43-18-15-19-46-22-42-28-16-13-14-17-29(28)46)27(6)36(50)44-23(2)21-40(7,53-11)35(25(4)32(48)26(5)37(51)55-31)56-38-33(49)30(45(9)10)20-24(3)54-38/h13-14,16-17,22-27,30-31,33-35,38,43,49H,12,15,18-21H2,1-11H3,(H,44,50)/t23-,24-,25+,26-,27?,30+,31-,33-,34-,35-,38+,40+,41-/m1/s1. The molecule has 0 spiro atoms. The fourth-order valence-electron chi connectivity index (χ4n) is 9.03. The van der Waals surface area contributed by atoms with Crippen LogP contribution in [0.3, 0.4) is 0 Å². The smallest absolute Gasteiger partial charge is 0.425 e. The molecule has 16 nitrogen and oxygen atoms in total. The Bertz CT molecular complexity index is 1740. The molecule has 0 saturated carbocycles. The van der Waals surface area contributed by atoms with Crippen molar-refractivity contribution in [2.24, 2.45) is 17.8 Å². The summed E-state index contributed by atoms with van der Waals surface area (Å²) >= 11 is 0. The zero-order valence-corrected chi connectivity index (χ0v) is 35.4. The van der Waals surface area contributed by atoms with Crippen molar-refractivity contribution in [3.05, 3.63) is 30.6 Å². The third kappa shape index (κ3) is 9.15. The van der Waals surface area contributed by atoms with Gasteiger partial charge in [-0.25, -0.2) is 20.2 Å². The number of fused-ring (bicyclic) bond motifs is 2. The van der Waals surface area contributed by atoms with Crippen molar-refractivity contribution in [2.75, 3.05) is 27.7 Å². The number of hydrogen-bond acceptors (Lipinski definition) is 13. The molecule has 3 N–H and O–H groups in total. The van der Waals surface area contributed by atoms with Crippen LogP contribution in [0.2, 0.25) is 0 Å². The molecule has 57 heavy (non-hydrogen) atoms. The molecule has 5 rings (SSSR count). The van der Waals surface area contributed by atoms with Gasteiger partial charge in [-0.3, -0.25) is 14.4 Å². The van der Waals surface area contributed by atoms with Gasteiger partial charge in [0.15, 0.2) is 17.7 Å². The molecular formula is C41H64N6O10. The average molecular weight is 801 g/mol. The summed E-state index contributed by atoms with van der Waals surface area (Å²) in [6.07, 6.45) is -1.79. The van der Waals surface area contributed by atoms with Crippen molar-refractivity contribution < 1.29 is 48.0 Å². The summed E-state index contributed by atoms with van der Waals surface area (Å²) in [6, 6.07) is 6.12. The first kappa shape index (κ1) is 44.4. The van der Waals surface area contributed by atoms with Gasteiger partial charge < -0.3 is 43.6 Å². The van der Waals surface area contributed by atoms with Crippen LogP contribution in [0.5, 0.6) is 0 Å². The average Bonchev–Trinajstić information content (AvgIpc) is 3.70. The van der Waals surface area contributed by atoms with E-state index in [0.717, 1.165) is 11.0 Å². The number of likely N-dealkylation sites (N-methyl/N-ethyl adjacent to an activating group) is 1. The molecule has 13 atom stereocenters. The van der Waals surface area contributed by atoms with Crippen molar-refractivity contribution >= 4 is 34.8 Å². The number of ketones is 1. The molecule has 1 unspecified atom stereocenters. The van der Waals surface area contributed by atoms with Crippen LogP contribution in [0.4, 0.5) is 4.79 Å². The van der Waals surface area contributed by atoms with Crippen LogP contribution in [0.1, 0.15) is 81.1 Å². The maximum Gasteiger partial charge on any atom is 0.425 e. The number of imidazole rings is 1. The number of carbonyl (C=O) groups is 4. The first-order chi connectivity index (χ1) is 26.9. The Morgan fingerprint density at radius 1 is 1.07 bits per heavy atom. The third-order valence-corrected chi connectivity index (χ3v) is 12.3. The number of aliphatic hydroxyl groups is 1. The van der Waals surface area contributed by atoms with E-state index in [-0.39, 0.29) is 30.9 Å². The summed E-state index contributed by atoms with van der Waals surface area (Å²) in [4.78, 5) is 62.7. The lowest BCUT2D eigenvalue weighted by molar-refractivity contribution is -0.295. The molecule has 2 amide bonds. The van der Waals surface area contributed by atoms with Crippen LogP contribution in [-0.4, -0.2) is 136 Å². The number of ether oxygens (including phenoxy) is 5. The quantitative estimate of drug-likeness (QED) is 0.181. The molecule has 0 bridgehead atoms. The molecule has 0 radical (unpaired) electrons. The molecule has 318 valence electrons. The van der Waals surface area contributed by atoms with Crippen molar-refractivity contribution in [1.29, 1.82) is 0 Å². The zero-order valence-electron chi connectivity index (χ0n) is 35.4. The van der Waals surface area contributed by atoms with Crippen molar-refractivity contribution in [3.8, 4) is 0 Å². The van der Waals surface area contributed by atoms with Gasteiger partial charge in [0.1, 0.15) is 24.2 Å². The van der Waals surface area contributed by atoms with E-state index in [4.69, 9.17) is 23.7 Å². The van der Waals surface area contributed by atoms with E-state index in [1.807, 2.05) is 61.7 Å². The minimum Gasteiger partial charge on any atom is -0.458 e. The number of carbonyl (C=O) groups excluding carboxylic acids is 4. The van der Waals surface area contributed by atoms with E-state index < -0.39 is 83.5 Å². The summed E-state index contributed by atoms with van der Waals surface area (Å²) in [5.74, 6) is -4.71. The number of rotatable bonds is 10. The van der Waals surface area contributed by atoms with E-state index in [0.29, 0.717) is 25.9 Å². The van der Waals surface area contributed by atoms with E-state index in [2.05, 4.69) is 15.7 Å². The number of hydrazine groups is 1. The number of esters is 1. The van der Waals surface area contributed by atoms with E-state index in [1.165, 1.54) is 19.0 Å². The predicted molar refractivity (Wildman–Crippen MR) is 210 cm³/mol. The maximum absolute atomic E-state index is 14.3. The van der Waals surface area contributed by atoms with Crippen LogP contribution in [0.15, 0.2) is 30.6 Å². The molecule has 16 heteroatoms. The number of Topliss-reactive ketones (excluding diaryl/α,β-unsaturated/α-hetero) is 1. The van der Waals surface area contributed by atoms with Gasteiger partial charge in [-0.05, 0) is 86.5 Å². The number of benzene rings is 1. The lowest BCUT2D eigenvalue weighted by Gasteiger charge is -2.46. The van der Waals surface area contributed by atoms with Crippen LogP contribution in [0, 0.1) is 17.8 Å². The normalized spacial score (nSPS) is 37.4. The lowest BCUT2D eigenvalue weighted by Crippen LogP contribution is -2.61. The lowest BCUT2D eigenvalue weighted by atomic mass is 9.79. The third-order valence-electron chi connectivity index (χ3n) is 12.3. The summed E-state index contributed by atoms with van der Waals surface area (Å²) in [5, 5.41) is 15.9. The van der Waals surface area contributed by atoms with Gasteiger partial charge in [-0.2, -0.15) is 0 Å². The highest BCUT2D eigenvalue weighted by Gasteiger charge is 2.60. The Morgan fingerprint density at radius 2 is 1.77 bits per heavy atom. The van der Waals surface area contributed by atoms with Crippen molar-refractivity contribution in [3.63, 3.8) is 0 Å². The van der Waals surface area contributed by atoms with E-state index in [1.54, 1.807) is 40.9 Å². The Morgan fingerprint density at radius 3 is 2.44 bits per heavy atom. The van der Waals surface area contributed by atoms with Crippen LogP contribution in [-0.2, 0) is 44.6 Å². The van der Waals surface area contributed by atoms with Gasteiger partial charge in [0.05, 0.1) is 41.1 Å². The predicted octanol–water partition coefficient (Wildman–Crippen LogP) is 3.43. The van der Waals surface area contributed by atoms with Gasteiger partial charge >= 0.3 is 12.1 Å². The van der Waals surface area contributed by atoms with E-state index >= 15 is 0 Å². The largest absolute Gasteiger partial charge is 0.458 e. The van der Waals surface area contributed by atoms with Gasteiger partial charge in [0.2, 0.25) is 5.91 Å². The SMILES string of the molecule is CC[C@H]1OC(=O)[C@H](C)C(=O)[C@H](C)[C@@H](O[C@@H]2O[C@H](C)C[C@H](N(C)C)[C@H]2O)[C@@](C)(OC)C[C@@H](C)NC(=O)C(C)[C@H]2N(NCCCn3cnc4ccccc43)C(=O)O[C@]12C.